The fourth-order valence-electron chi connectivity index (χ4n) is 4.25. The smallest absolute Gasteiger partial charge is 0.158 e. The first-order valence-electron chi connectivity index (χ1n) is 11.6. The number of hydrogen-bond donors (Lipinski definition) is 2. The van der Waals surface area contributed by atoms with Crippen LogP contribution in [0.4, 0.5) is 0 Å². The maximum atomic E-state index is 12.3. The van der Waals surface area contributed by atoms with Crippen molar-refractivity contribution < 1.29 is 19.8 Å². The van der Waals surface area contributed by atoms with Gasteiger partial charge >= 0.3 is 0 Å². The second-order valence-corrected chi connectivity index (χ2v) is 8.68. The molecule has 0 spiro atoms. The third-order valence-electron chi connectivity index (χ3n) is 6.25. The zero-order valence-corrected chi connectivity index (χ0v) is 18.4. The molecule has 0 aromatic heterocycles. The van der Waals surface area contributed by atoms with Gasteiger partial charge in [0.2, 0.25) is 0 Å². The highest BCUT2D eigenvalue weighted by Gasteiger charge is 2.32. The first kappa shape index (κ1) is 25.8. The third-order valence-corrected chi connectivity index (χ3v) is 6.25. The highest BCUT2D eigenvalue weighted by molar-refractivity contribution is 5.83. The SMILES string of the molecule is C=CC(O)(CC=C[C@H]1CCC(=O)[C@@H]1CCCCCCC(=O)CO)CCCCCC. The molecule has 0 aliphatic heterocycles. The van der Waals surface area contributed by atoms with Gasteiger partial charge in [-0.25, -0.2) is 0 Å². The van der Waals surface area contributed by atoms with Crippen LogP contribution in [0.25, 0.3) is 0 Å². The Kier molecular flexibility index (Phi) is 13.0. The Hall–Kier alpha value is -1.26. The third kappa shape index (κ3) is 10.4. The summed E-state index contributed by atoms with van der Waals surface area (Å²) in [5, 5.41) is 19.4. The Morgan fingerprint density at radius 2 is 1.90 bits per heavy atom. The Morgan fingerprint density at radius 3 is 2.59 bits per heavy atom. The molecule has 4 heteroatoms. The van der Waals surface area contributed by atoms with Crippen molar-refractivity contribution in [2.75, 3.05) is 6.61 Å². The van der Waals surface area contributed by atoms with Crippen molar-refractivity contribution in [3.05, 3.63) is 24.8 Å². The highest BCUT2D eigenvalue weighted by Crippen LogP contribution is 2.34. The molecule has 0 radical (unpaired) electrons. The van der Waals surface area contributed by atoms with Crippen LogP contribution in [0.2, 0.25) is 0 Å². The molecule has 0 aromatic rings. The van der Waals surface area contributed by atoms with E-state index >= 15 is 0 Å². The normalized spacial score (nSPS) is 21.6. The van der Waals surface area contributed by atoms with E-state index in [-0.39, 0.29) is 24.2 Å². The second kappa shape index (κ2) is 14.7. The molecule has 0 amide bonds. The van der Waals surface area contributed by atoms with Crippen molar-refractivity contribution >= 4 is 11.6 Å². The molecule has 4 nitrogen and oxygen atoms in total. The predicted octanol–water partition coefficient (Wildman–Crippen LogP) is 5.32. The van der Waals surface area contributed by atoms with Gasteiger partial charge in [-0.2, -0.15) is 0 Å². The maximum absolute atomic E-state index is 12.3. The topological polar surface area (TPSA) is 74.6 Å². The monoisotopic (exact) mass is 406 g/mol. The number of carbonyl (C=O) groups excluding carboxylic acids is 2. The lowest BCUT2D eigenvalue weighted by Crippen LogP contribution is -2.24. The molecule has 29 heavy (non-hydrogen) atoms. The number of aliphatic hydroxyl groups excluding tert-OH is 1. The van der Waals surface area contributed by atoms with Gasteiger partial charge in [-0.05, 0) is 38.0 Å². The summed E-state index contributed by atoms with van der Waals surface area (Å²) in [5.41, 5.74) is -0.839. The standard InChI is InChI=1S/C25H42O4/c1-3-5-6-11-18-25(29,4-2)19-12-13-21-16-17-24(28)23(21)15-10-8-7-9-14-22(27)20-26/h4,12-13,21,23,26,29H,2-3,5-11,14-20H2,1H3/t21-,23+,25?/m0/s1. The Bertz CT molecular complexity index is 525. The molecule has 166 valence electrons. The first-order valence-corrected chi connectivity index (χ1v) is 11.6. The number of rotatable bonds is 17. The molecule has 3 atom stereocenters. The minimum Gasteiger partial charge on any atom is -0.389 e. The van der Waals surface area contributed by atoms with Gasteiger partial charge in [0.1, 0.15) is 12.4 Å². The van der Waals surface area contributed by atoms with E-state index in [0.29, 0.717) is 25.0 Å². The number of allylic oxidation sites excluding steroid dienone is 1. The van der Waals surface area contributed by atoms with Crippen LogP contribution in [0.1, 0.15) is 96.8 Å². The van der Waals surface area contributed by atoms with E-state index in [0.717, 1.165) is 57.8 Å². The van der Waals surface area contributed by atoms with Crippen LogP contribution in [0.15, 0.2) is 24.8 Å². The molecule has 0 bridgehead atoms. The maximum Gasteiger partial charge on any atom is 0.158 e. The van der Waals surface area contributed by atoms with E-state index in [2.05, 4.69) is 25.7 Å². The van der Waals surface area contributed by atoms with Gasteiger partial charge < -0.3 is 10.2 Å². The summed E-state index contributed by atoms with van der Waals surface area (Å²) in [6.45, 7) is 5.64. The predicted molar refractivity (Wildman–Crippen MR) is 119 cm³/mol. The fraction of sp³-hybridized carbons (Fsp3) is 0.760. The van der Waals surface area contributed by atoms with Crippen LogP contribution in [-0.4, -0.2) is 34.0 Å². The zero-order chi connectivity index (χ0) is 21.5. The van der Waals surface area contributed by atoms with Gasteiger partial charge in [-0.15, -0.1) is 6.58 Å². The van der Waals surface area contributed by atoms with Gasteiger partial charge in [0.15, 0.2) is 5.78 Å². The molecule has 0 aromatic carbocycles. The van der Waals surface area contributed by atoms with E-state index in [1.807, 2.05) is 0 Å². The Balaban J connectivity index is 2.37. The number of Topliss-reactive ketones (excluding diaryl/α,β-unsaturated/α-hetero) is 2. The molecule has 1 rings (SSSR count). The van der Waals surface area contributed by atoms with Crippen molar-refractivity contribution in [1.82, 2.24) is 0 Å². The van der Waals surface area contributed by atoms with Crippen LogP contribution < -0.4 is 0 Å². The molecule has 2 N–H and O–H groups in total. The number of hydrogen-bond acceptors (Lipinski definition) is 4. The van der Waals surface area contributed by atoms with Gasteiger partial charge in [0, 0.05) is 18.8 Å². The molecule has 0 heterocycles. The molecule has 1 aliphatic carbocycles. The summed E-state index contributed by atoms with van der Waals surface area (Å²) < 4.78 is 0. The van der Waals surface area contributed by atoms with E-state index in [1.165, 1.54) is 12.8 Å². The summed E-state index contributed by atoms with van der Waals surface area (Å²) in [4.78, 5) is 23.4. The van der Waals surface area contributed by atoms with E-state index in [9.17, 15) is 14.7 Å². The second-order valence-electron chi connectivity index (χ2n) is 8.68. The molecule has 1 aliphatic rings. The van der Waals surface area contributed by atoms with E-state index in [1.54, 1.807) is 6.08 Å². The van der Waals surface area contributed by atoms with Crippen molar-refractivity contribution in [3.63, 3.8) is 0 Å². The molecular formula is C25H42O4. The largest absolute Gasteiger partial charge is 0.389 e. The molecule has 1 saturated carbocycles. The minimum absolute atomic E-state index is 0.0916. The summed E-state index contributed by atoms with van der Waals surface area (Å²) in [6, 6.07) is 0. The number of carbonyl (C=O) groups is 2. The van der Waals surface area contributed by atoms with E-state index < -0.39 is 5.60 Å². The van der Waals surface area contributed by atoms with Crippen molar-refractivity contribution in [1.29, 1.82) is 0 Å². The van der Waals surface area contributed by atoms with Gasteiger partial charge in [0.05, 0.1) is 5.60 Å². The molecular weight excluding hydrogens is 364 g/mol. The van der Waals surface area contributed by atoms with Crippen LogP contribution in [0.3, 0.4) is 0 Å². The molecule has 0 saturated heterocycles. The number of unbranched alkanes of at least 4 members (excludes halogenated alkanes) is 6. The molecule has 1 unspecified atom stereocenters. The Labute approximate surface area is 177 Å². The summed E-state index contributed by atoms with van der Waals surface area (Å²) in [7, 11) is 0. The number of ketones is 2. The quantitative estimate of drug-likeness (QED) is 0.253. The van der Waals surface area contributed by atoms with Crippen molar-refractivity contribution in [2.24, 2.45) is 11.8 Å². The lowest BCUT2D eigenvalue weighted by atomic mass is 9.87. The zero-order valence-electron chi connectivity index (χ0n) is 18.4. The molecule has 1 fully saturated rings. The van der Waals surface area contributed by atoms with Crippen molar-refractivity contribution in [2.45, 2.75) is 102 Å². The summed E-state index contributed by atoms with van der Waals surface area (Å²) in [5.74, 6) is 0.666. The van der Waals surface area contributed by atoms with Crippen LogP contribution >= 0.6 is 0 Å². The van der Waals surface area contributed by atoms with Gasteiger partial charge in [0.25, 0.3) is 0 Å². The lowest BCUT2D eigenvalue weighted by molar-refractivity contribution is -0.122. The average molecular weight is 407 g/mol. The summed E-state index contributed by atoms with van der Waals surface area (Å²) >= 11 is 0. The highest BCUT2D eigenvalue weighted by atomic mass is 16.3. The number of aliphatic hydroxyl groups is 2. The van der Waals surface area contributed by atoms with Gasteiger partial charge in [-0.3, -0.25) is 9.59 Å². The average Bonchev–Trinajstić information content (AvgIpc) is 3.07. The lowest BCUT2D eigenvalue weighted by Gasteiger charge is -2.23. The van der Waals surface area contributed by atoms with E-state index in [4.69, 9.17) is 5.11 Å². The van der Waals surface area contributed by atoms with Gasteiger partial charge in [-0.1, -0.05) is 70.1 Å². The van der Waals surface area contributed by atoms with Crippen molar-refractivity contribution in [3.8, 4) is 0 Å². The Morgan fingerprint density at radius 1 is 1.17 bits per heavy atom. The first-order chi connectivity index (χ1) is 14.0. The fourth-order valence-corrected chi connectivity index (χ4v) is 4.25. The minimum atomic E-state index is -0.839. The van der Waals surface area contributed by atoms with Crippen LogP contribution in [0, 0.1) is 11.8 Å². The van der Waals surface area contributed by atoms with Crippen LogP contribution in [-0.2, 0) is 9.59 Å². The summed E-state index contributed by atoms with van der Waals surface area (Å²) in [6.07, 6.45) is 18.5. The van der Waals surface area contributed by atoms with Crippen LogP contribution in [0.5, 0.6) is 0 Å².